The first-order valence-electron chi connectivity index (χ1n) is 9.44. The monoisotopic (exact) mass is 380 g/mol. The molecule has 0 radical (unpaired) electrons. The molecular formula is C22H24N2O2S. The van der Waals surface area contributed by atoms with Crippen LogP contribution in [0.1, 0.15) is 30.5 Å². The van der Waals surface area contributed by atoms with E-state index in [1.807, 2.05) is 54.6 Å². The van der Waals surface area contributed by atoms with Crippen molar-refractivity contribution in [1.82, 2.24) is 5.01 Å². The third kappa shape index (κ3) is 3.69. The van der Waals surface area contributed by atoms with Crippen molar-refractivity contribution in [2.45, 2.75) is 19.4 Å². The molecule has 2 aromatic carbocycles. The average molecular weight is 381 g/mol. The van der Waals surface area contributed by atoms with E-state index in [0.29, 0.717) is 0 Å². The molecule has 5 heteroatoms. The van der Waals surface area contributed by atoms with E-state index >= 15 is 0 Å². The average Bonchev–Trinajstić information content (AvgIpc) is 3.00. The van der Waals surface area contributed by atoms with Crippen LogP contribution in [-0.2, 0) is 9.84 Å². The number of fused-ring (bicyclic) bond motifs is 1. The maximum Gasteiger partial charge on any atom is 0.155 e. The maximum atomic E-state index is 12.7. The normalized spacial score (nSPS) is 25.3. The van der Waals surface area contributed by atoms with Crippen LogP contribution < -0.4 is 0 Å². The Labute approximate surface area is 161 Å². The molecule has 27 heavy (non-hydrogen) atoms. The molecule has 1 fully saturated rings. The fourth-order valence-corrected chi connectivity index (χ4v) is 5.80. The van der Waals surface area contributed by atoms with Crippen LogP contribution in [0.3, 0.4) is 0 Å². The van der Waals surface area contributed by atoms with Gasteiger partial charge in [0.1, 0.15) is 0 Å². The van der Waals surface area contributed by atoms with Crippen molar-refractivity contribution >= 4 is 21.6 Å². The lowest BCUT2D eigenvalue weighted by atomic mass is 9.87. The van der Waals surface area contributed by atoms with Gasteiger partial charge in [-0.05, 0) is 29.2 Å². The van der Waals surface area contributed by atoms with Crippen molar-refractivity contribution in [2.24, 2.45) is 11.0 Å². The largest absolute Gasteiger partial charge is 0.289 e. The predicted octanol–water partition coefficient (Wildman–Crippen LogP) is 3.94. The Balaban J connectivity index is 1.79. The lowest BCUT2D eigenvalue weighted by Gasteiger charge is -2.30. The molecule has 0 bridgehead atoms. The molecule has 0 aliphatic carbocycles. The van der Waals surface area contributed by atoms with Crippen LogP contribution in [0.2, 0.25) is 0 Å². The standard InChI is InChI=1S/C22H24N2O2S/c1-2-13-24-22(18-11-7-4-8-12-18)20-16-27(25,26)15-19(21(20)23-24)14-17-9-5-3-6-10-17/h3-12,14,20,22H,2,13,15-16H2,1H3. The summed E-state index contributed by atoms with van der Waals surface area (Å²) in [5.74, 6) is 0.115. The number of nitrogens with zero attached hydrogens (tertiary/aromatic N) is 2. The molecule has 2 atom stereocenters. The zero-order valence-corrected chi connectivity index (χ0v) is 16.3. The second kappa shape index (κ2) is 7.31. The number of benzene rings is 2. The van der Waals surface area contributed by atoms with Gasteiger partial charge in [-0.25, -0.2) is 8.42 Å². The molecule has 4 nitrogen and oxygen atoms in total. The van der Waals surface area contributed by atoms with Crippen LogP contribution in [0.15, 0.2) is 71.3 Å². The minimum atomic E-state index is -3.16. The second-order valence-electron chi connectivity index (χ2n) is 7.25. The lowest BCUT2D eigenvalue weighted by Crippen LogP contribution is -2.37. The molecule has 4 rings (SSSR count). The number of hydrogen-bond donors (Lipinski definition) is 0. The van der Waals surface area contributed by atoms with Crippen molar-refractivity contribution in [3.05, 3.63) is 77.4 Å². The van der Waals surface area contributed by atoms with Gasteiger partial charge in [-0.3, -0.25) is 5.01 Å². The zero-order chi connectivity index (χ0) is 18.9. The molecule has 0 amide bonds. The molecule has 2 aromatic rings. The molecule has 0 spiro atoms. The van der Waals surface area contributed by atoms with Crippen molar-refractivity contribution in [1.29, 1.82) is 0 Å². The van der Waals surface area contributed by atoms with Crippen LogP contribution in [-0.4, -0.2) is 37.2 Å². The quantitative estimate of drug-likeness (QED) is 0.807. The van der Waals surface area contributed by atoms with Crippen molar-refractivity contribution in [3.63, 3.8) is 0 Å². The summed E-state index contributed by atoms with van der Waals surface area (Å²) in [5, 5.41) is 7.01. The van der Waals surface area contributed by atoms with Gasteiger partial charge in [-0.15, -0.1) is 0 Å². The summed E-state index contributed by atoms with van der Waals surface area (Å²) >= 11 is 0. The highest BCUT2D eigenvalue weighted by atomic mass is 32.2. The molecule has 1 saturated heterocycles. The summed E-state index contributed by atoms with van der Waals surface area (Å²) in [4.78, 5) is 0. The molecule has 2 unspecified atom stereocenters. The summed E-state index contributed by atoms with van der Waals surface area (Å²) in [6, 6.07) is 20.0. The number of rotatable bonds is 4. The van der Waals surface area contributed by atoms with Crippen LogP contribution in [0.4, 0.5) is 0 Å². The number of hydrogen-bond acceptors (Lipinski definition) is 4. The fraction of sp³-hybridized carbons (Fsp3) is 0.318. The Morgan fingerprint density at radius 2 is 1.74 bits per heavy atom. The summed E-state index contributed by atoms with van der Waals surface area (Å²) in [6.45, 7) is 2.94. The van der Waals surface area contributed by atoms with Crippen LogP contribution in [0.25, 0.3) is 6.08 Å². The van der Waals surface area contributed by atoms with Gasteiger partial charge in [-0.2, -0.15) is 5.10 Å². The summed E-state index contributed by atoms with van der Waals surface area (Å²) in [7, 11) is -3.16. The predicted molar refractivity (Wildman–Crippen MR) is 110 cm³/mol. The van der Waals surface area contributed by atoms with Crippen molar-refractivity contribution in [3.8, 4) is 0 Å². The molecular weight excluding hydrogens is 356 g/mol. The van der Waals surface area contributed by atoms with Gasteiger partial charge in [0.05, 0.1) is 23.3 Å². The third-order valence-electron chi connectivity index (χ3n) is 5.16. The van der Waals surface area contributed by atoms with Crippen molar-refractivity contribution < 1.29 is 8.42 Å². The van der Waals surface area contributed by atoms with Crippen molar-refractivity contribution in [2.75, 3.05) is 18.1 Å². The number of sulfone groups is 1. The van der Waals surface area contributed by atoms with Crippen LogP contribution in [0.5, 0.6) is 0 Å². The van der Waals surface area contributed by atoms with E-state index in [1.165, 1.54) is 0 Å². The maximum absolute atomic E-state index is 12.7. The van der Waals surface area contributed by atoms with Gasteiger partial charge < -0.3 is 0 Å². The SMILES string of the molecule is CCCN1N=C2C(=Cc3ccccc3)CS(=O)(=O)CC2C1c1ccccc1. The van der Waals surface area contributed by atoms with E-state index in [1.54, 1.807) is 0 Å². The Morgan fingerprint density at radius 1 is 1.07 bits per heavy atom. The highest BCUT2D eigenvalue weighted by Crippen LogP contribution is 2.41. The highest BCUT2D eigenvalue weighted by molar-refractivity contribution is 7.91. The Hall–Kier alpha value is -2.40. The zero-order valence-electron chi connectivity index (χ0n) is 15.5. The van der Waals surface area contributed by atoms with E-state index < -0.39 is 9.84 Å². The second-order valence-corrected chi connectivity index (χ2v) is 9.35. The van der Waals surface area contributed by atoms with E-state index in [2.05, 4.69) is 24.1 Å². The molecule has 2 heterocycles. The van der Waals surface area contributed by atoms with E-state index in [0.717, 1.165) is 35.4 Å². The van der Waals surface area contributed by atoms with Gasteiger partial charge in [0.15, 0.2) is 9.84 Å². The summed E-state index contributed by atoms with van der Waals surface area (Å²) in [6.07, 6.45) is 2.96. The van der Waals surface area contributed by atoms with Gasteiger partial charge >= 0.3 is 0 Å². The highest BCUT2D eigenvalue weighted by Gasteiger charge is 2.45. The van der Waals surface area contributed by atoms with E-state index in [-0.39, 0.29) is 23.5 Å². The molecule has 0 N–H and O–H groups in total. The molecule has 140 valence electrons. The Kier molecular flexibility index (Phi) is 4.87. The minimum Gasteiger partial charge on any atom is -0.289 e. The lowest BCUT2D eigenvalue weighted by molar-refractivity contribution is 0.209. The van der Waals surface area contributed by atoms with Gasteiger partial charge in [0.25, 0.3) is 0 Å². The Bertz CT molecular complexity index is 966. The first-order chi connectivity index (χ1) is 13.1. The van der Waals surface area contributed by atoms with Gasteiger partial charge in [0, 0.05) is 12.5 Å². The van der Waals surface area contributed by atoms with Gasteiger partial charge in [-0.1, -0.05) is 67.6 Å². The van der Waals surface area contributed by atoms with Gasteiger partial charge in [0.2, 0.25) is 0 Å². The summed E-state index contributed by atoms with van der Waals surface area (Å²) in [5.41, 5.74) is 3.91. The minimum absolute atomic E-state index is 0.0181. The van der Waals surface area contributed by atoms with E-state index in [9.17, 15) is 8.42 Å². The molecule has 2 aliphatic heterocycles. The first-order valence-corrected chi connectivity index (χ1v) is 11.3. The fourth-order valence-electron chi connectivity index (χ4n) is 4.09. The topological polar surface area (TPSA) is 49.7 Å². The molecule has 0 saturated carbocycles. The number of hydrazone groups is 1. The molecule has 2 aliphatic rings. The smallest absolute Gasteiger partial charge is 0.155 e. The molecule has 0 aromatic heterocycles. The third-order valence-corrected chi connectivity index (χ3v) is 6.78. The van der Waals surface area contributed by atoms with E-state index in [4.69, 9.17) is 5.10 Å². The van der Waals surface area contributed by atoms with Crippen LogP contribution in [0, 0.1) is 5.92 Å². The summed E-state index contributed by atoms with van der Waals surface area (Å²) < 4.78 is 25.4. The Morgan fingerprint density at radius 3 is 2.41 bits per heavy atom. The van der Waals surface area contributed by atoms with Crippen LogP contribution >= 0.6 is 0 Å². The first kappa shape index (κ1) is 18.0.